The first-order valence-corrected chi connectivity index (χ1v) is 6.07. The Balaban J connectivity index is 1.90. The molecule has 1 aliphatic carbocycles. The van der Waals surface area contributed by atoms with Crippen LogP contribution in [0.5, 0.6) is 0 Å². The molecule has 0 amide bonds. The predicted octanol–water partition coefficient (Wildman–Crippen LogP) is 2.38. The molecule has 0 bridgehead atoms. The van der Waals surface area contributed by atoms with Crippen molar-refractivity contribution in [2.45, 2.75) is 31.8 Å². The zero-order chi connectivity index (χ0) is 13.0. The van der Waals surface area contributed by atoms with Crippen LogP contribution in [0, 0.1) is 27.4 Å². The van der Waals surface area contributed by atoms with Gasteiger partial charge in [-0.2, -0.15) is 5.26 Å². The van der Waals surface area contributed by atoms with Crippen molar-refractivity contribution < 1.29 is 4.92 Å². The maximum Gasteiger partial charge on any atom is 0.269 e. The number of nitriles is 1. The minimum Gasteiger partial charge on any atom is -0.309 e. The van der Waals surface area contributed by atoms with Gasteiger partial charge in [-0.3, -0.25) is 10.1 Å². The highest BCUT2D eigenvalue weighted by Crippen LogP contribution is 2.25. The first kappa shape index (κ1) is 12.5. The van der Waals surface area contributed by atoms with Crippen LogP contribution in [0.2, 0.25) is 0 Å². The third-order valence-electron chi connectivity index (χ3n) is 3.40. The van der Waals surface area contributed by atoms with Gasteiger partial charge in [-0.1, -0.05) is 18.6 Å². The summed E-state index contributed by atoms with van der Waals surface area (Å²) in [5, 5.41) is 22.8. The number of hydrogen-bond acceptors (Lipinski definition) is 4. The normalized spacial score (nSPS) is 22.6. The van der Waals surface area contributed by atoms with Crippen molar-refractivity contribution in [3.63, 3.8) is 0 Å². The molecule has 1 N–H and O–H groups in total. The molecule has 1 aliphatic rings. The predicted molar refractivity (Wildman–Crippen MR) is 66.7 cm³/mol. The van der Waals surface area contributed by atoms with E-state index in [9.17, 15) is 10.1 Å². The number of nitro groups is 1. The van der Waals surface area contributed by atoms with E-state index < -0.39 is 4.92 Å². The Hall–Kier alpha value is -1.93. The average Bonchev–Trinajstić information content (AvgIpc) is 2.84. The first-order valence-electron chi connectivity index (χ1n) is 6.07. The lowest BCUT2D eigenvalue weighted by Crippen LogP contribution is -2.31. The quantitative estimate of drug-likeness (QED) is 0.652. The number of nitrogens with zero attached hydrogens (tertiary/aromatic N) is 2. The van der Waals surface area contributed by atoms with Crippen molar-refractivity contribution in [1.29, 1.82) is 5.26 Å². The smallest absolute Gasteiger partial charge is 0.269 e. The van der Waals surface area contributed by atoms with E-state index >= 15 is 0 Å². The van der Waals surface area contributed by atoms with Crippen LogP contribution in [0.3, 0.4) is 0 Å². The van der Waals surface area contributed by atoms with Gasteiger partial charge in [-0.05, 0) is 18.4 Å². The molecule has 0 radical (unpaired) electrons. The molecule has 1 fully saturated rings. The number of nitro benzene ring substituents is 1. The summed E-state index contributed by atoms with van der Waals surface area (Å²) in [6.07, 6.45) is 3.09. The Kier molecular flexibility index (Phi) is 3.90. The topological polar surface area (TPSA) is 79.0 Å². The molecule has 2 rings (SSSR count). The lowest BCUT2D eigenvalue weighted by atomic mass is 10.1. The van der Waals surface area contributed by atoms with E-state index in [0.717, 1.165) is 24.8 Å². The molecule has 0 spiro atoms. The highest BCUT2D eigenvalue weighted by Gasteiger charge is 2.26. The van der Waals surface area contributed by atoms with Gasteiger partial charge in [-0.25, -0.2) is 0 Å². The van der Waals surface area contributed by atoms with Crippen molar-refractivity contribution in [3.05, 3.63) is 39.9 Å². The standard InChI is InChI=1S/C13H15N3O2/c14-8-11-2-1-3-13(11)15-9-10-4-6-12(7-5-10)16(17)18/h4-7,11,13,15H,1-3,9H2. The van der Waals surface area contributed by atoms with Gasteiger partial charge in [0.2, 0.25) is 0 Å². The summed E-state index contributed by atoms with van der Waals surface area (Å²) in [4.78, 5) is 10.1. The van der Waals surface area contributed by atoms with Gasteiger partial charge in [-0.15, -0.1) is 0 Å². The zero-order valence-electron chi connectivity index (χ0n) is 10.0. The fourth-order valence-electron chi connectivity index (χ4n) is 2.34. The van der Waals surface area contributed by atoms with E-state index in [4.69, 9.17) is 5.26 Å². The summed E-state index contributed by atoms with van der Waals surface area (Å²) < 4.78 is 0. The molecule has 5 nitrogen and oxygen atoms in total. The van der Waals surface area contributed by atoms with Crippen LogP contribution in [0.15, 0.2) is 24.3 Å². The molecule has 0 saturated heterocycles. The summed E-state index contributed by atoms with van der Waals surface area (Å²) in [7, 11) is 0. The van der Waals surface area contributed by atoms with Gasteiger partial charge in [0.1, 0.15) is 0 Å². The van der Waals surface area contributed by atoms with Gasteiger partial charge in [0.15, 0.2) is 0 Å². The molecular weight excluding hydrogens is 230 g/mol. The van der Waals surface area contributed by atoms with E-state index in [0.29, 0.717) is 6.54 Å². The van der Waals surface area contributed by atoms with Gasteiger partial charge < -0.3 is 5.32 Å². The third kappa shape index (κ3) is 2.84. The monoisotopic (exact) mass is 245 g/mol. The van der Waals surface area contributed by atoms with Gasteiger partial charge in [0.05, 0.1) is 16.9 Å². The Bertz CT molecular complexity index is 464. The van der Waals surface area contributed by atoms with E-state index in [-0.39, 0.29) is 17.6 Å². The minimum absolute atomic E-state index is 0.100. The SMILES string of the molecule is N#CC1CCCC1NCc1ccc([N+](=O)[O-])cc1. The maximum atomic E-state index is 10.5. The van der Waals surface area contributed by atoms with Crippen LogP contribution in [-0.2, 0) is 6.54 Å². The third-order valence-corrected chi connectivity index (χ3v) is 3.40. The van der Waals surface area contributed by atoms with Crippen molar-refractivity contribution >= 4 is 5.69 Å². The second kappa shape index (κ2) is 5.61. The van der Waals surface area contributed by atoms with Crippen LogP contribution >= 0.6 is 0 Å². The lowest BCUT2D eigenvalue weighted by molar-refractivity contribution is -0.384. The Morgan fingerprint density at radius 1 is 1.39 bits per heavy atom. The maximum absolute atomic E-state index is 10.5. The van der Waals surface area contributed by atoms with Crippen LogP contribution < -0.4 is 5.32 Å². The molecule has 1 aromatic rings. The summed E-state index contributed by atoms with van der Waals surface area (Å²) in [6.45, 7) is 0.654. The zero-order valence-corrected chi connectivity index (χ0v) is 10.0. The van der Waals surface area contributed by atoms with Crippen LogP contribution in [0.1, 0.15) is 24.8 Å². The van der Waals surface area contributed by atoms with Gasteiger partial charge in [0.25, 0.3) is 5.69 Å². The average molecular weight is 245 g/mol. The first-order chi connectivity index (χ1) is 8.70. The van der Waals surface area contributed by atoms with Crippen LogP contribution in [0.25, 0.3) is 0 Å². The van der Waals surface area contributed by atoms with Gasteiger partial charge >= 0.3 is 0 Å². The molecule has 18 heavy (non-hydrogen) atoms. The van der Waals surface area contributed by atoms with Crippen molar-refractivity contribution in [1.82, 2.24) is 5.32 Å². The second-order valence-corrected chi connectivity index (χ2v) is 4.58. The van der Waals surface area contributed by atoms with Crippen LogP contribution in [0.4, 0.5) is 5.69 Å². The Labute approximate surface area is 106 Å². The Morgan fingerprint density at radius 2 is 2.11 bits per heavy atom. The highest BCUT2D eigenvalue weighted by molar-refractivity contribution is 5.32. The van der Waals surface area contributed by atoms with E-state index in [1.165, 1.54) is 12.1 Å². The molecule has 94 valence electrons. The molecule has 2 atom stereocenters. The van der Waals surface area contributed by atoms with E-state index in [1.807, 2.05) is 0 Å². The molecule has 1 aromatic carbocycles. The second-order valence-electron chi connectivity index (χ2n) is 4.58. The van der Waals surface area contributed by atoms with Crippen molar-refractivity contribution in [2.24, 2.45) is 5.92 Å². The largest absolute Gasteiger partial charge is 0.309 e. The Morgan fingerprint density at radius 3 is 2.72 bits per heavy atom. The molecule has 1 saturated carbocycles. The molecule has 5 heteroatoms. The summed E-state index contributed by atoms with van der Waals surface area (Å²) in [5.74, 6) is 0.100. The lowest BCUT2D eigenvalue weighted by Gasteiger charge is -2.15. The summed E-state index contributed by atoms with van der Waals surface area (Å²) in [5.41, 5.74) is 1.11. The molecule has 0 aromatic heterocycles. The van der Waals surface area contributed by atoms with Crippen LogP contribution in [-0.4, -0.2) is 11.0 Å². The summed E-state index contributed by atoms with van der Waals surface area (Å²) in [6, 6.07) is 9.09. The fourth-order valence-corrected chi connectivity index (χ4v) is 2.34. The number of rotatable bonds is 4. The fraction of sp³-hybridized carbons (Fsp3) is 0.462. The van der Waals surface area contributed by atoms with E-state index in [2.05, 4.69) is 11.4 Å². The van der Waals surface area contributed by atoms with Crippen molar-refractivity contribution in [3.8, 4) is 6.07 Å². The molecule has 2 unspecified atom stereocenters. The number of nitrogens with one attached hydrogen (secondary N) is 1. The molecular formula is C13H15N3O2. The van der Waals surface area contributed by atoms with E-state index in [1.54, 1.807) is 12.1 Å². The molecule has 0 heterocycles. The number of non-ortho nitro benzene ring substituents is 1. The summed E-state index contributed by atoms with van der Waals surface area (Å²) >= 11 is 0. The highest BCUT2D eigenvalue weighted by atomic mass is 16.6. The van der Waals surface area contributed by atoms with Crippen molar-refractivity contribution in [2.75, 3.05) is 0 Å². The number of hydrogen-bond donors (Lipinski definition) is 1. The van der Waals surface area contributed by atoms with Gasteiger partial charge in [0, 0.05) is 24.7 Å². The minimum atomic E-state index is -0.403. The molecule has 0 aliphatic heterocycles. The number of benzene rings is 1.